The Bertz CT molecular complexity index is 571. The van der Waals surface area contributed by atoms with Gasteiger partial charge in [0.15, 0.2) is 0 Å². The van der Waals surface area contributed by atoms with E-state index in [2.05, 4.69) is 31.2 Å². The van der Waals surface area contributed by atoms with Crippen LogP contribution >= 0.6 is 21.6 Å². The third kappa shape index (κ3) is 17.6. The molecule has 0 aliphatic rings. The first-order valence-corrected chi connectivity index (χ1v) is 11.2. The summed E-state index contributed by atoms with van der Waals surface area (Å²) in [5.41, 5.74) is 16.7. The Morgan fingerprint density at radius 2 is 1.89 bits per heavy atom. The molecule has 0 saturated heterocycles. The van der Waals surface area contributed by atoms with Gasteiger partial charge in [-0.25, -0.2) is 0 Å². The van der Waals surface area contributed by atoms with E-state index in [0.717, 1.165) is 31.4 Å². The molecule has 7 nitrogen and oxygen atoms in total. The van der Waals surface area contributed by atoms with E-state index < -0.39 is 0 Å². The van der Waals surface area contributed by atoms with Gasteiger partial charge < -0.3 is 27.4 Å². The summed E-state index contributed by atoms with van der Waals surface area (Å²) in [7, 11) is 7.63. The zero-order chi connectivity index (χ0) is 22.0. The molecule has 0 unspecified atom stereocenters. The van der Waals surface area contributed by atoms with Gasteiger partial charge in [0.2, 0.25) is 6.41 Å². The van der Waals surface area contributed by atoms with Gasteiger partial charge in [0.25, 0.3) is 0 Å². The molecule has 0 aromatic heterocycles. The number of rotatable bonds is 9. The average molecular weight is 430 g/mol. The zero-order valence-electron chi connectivity index (χ0n) is 17.5. The van der Waals surface area contributed by atoms with E-state index in [-0.39, 0.29) is 6.41 Å². The van der Waals surface area contributed by atoms with Crippen LogP contribution in [0.5, 0.6) is 0 Å². The Kier molecular flexibility index (Phi) is 17.5. The van der Waals surface area contributed by atoms with Crippen molar-refractivity contribution in [3.63, 3.8) is 0 Å². The highest BCUT2D eigenvalue weighted by Crippen LogP contribution is 2.32. The molecule has 0 bridgehead atoms. The molecule has 0 fully saturated rings. The molecule has 0 aliphatic carbocycles. The van der Waals surface area contributed by atoms with Crippen molar-refractivity contribution in [3.8, 4) is 0 Å². The number of hydrogen-bond acceptors (Lipinski definition) is 8. The summed E-state index contributed by atoms with van der Waals surface area (Å²) < 4.78 is 0.369. The summed E-state index contributed by atoms with van der Waals surface area (Å²) >= 11 is 0. The maximum absolute atomic E-state index is 10.6. The Morgan fingerprint density at radius 1 is 1.29 bits per heavy atom. The lowest BCUT2D eigenvalue weighted by atomic mass is 10.1. The van der Waals surface area contributed by atoms with Crippen LogP contribution in [0.2, 0.25) is 0 Å². The van der Waals surface area contributed by atoms with Crippen molar-refractivity contribution in [2.75, 3.05) is 33.4 Å². The van der Waals surface area contributed by atoms with Crippen LogP contribution in [0.3, 0.4) is 0 Å². The van der Waals surface area contributed by atoms with Crippen LogP contribution in [-0.4, -0.2) is 55.8 Å². The number of primary amides is 1. The molecule has 9 heteroatoms. The van der Waals surface area contributed by atoms with Crippen LogP contribution in [-0.2, 0) is 11.2 Å². The normalized spacial score (nSPS) is 9.75. The molecule has 1 rings (SSSR count). The van der Waals surface area contributed by atoms with E-state index in [1.807, 2.05) is 58.8 Å². The van der Waals surface area contributed by atoms with Crippen molar-refractivity contribution in [2.24, 2.45) is 17.2 Å². The number of benzene rings is 1. The van der Waals surface area contributed by atoms with Gasteiger partial charge in [-0.3, -0.25) is 9.59 Å². The van der Waals surface area contributed by atoms with Gasteiger partial charge in [-0.1, -0.05) is 39.8 Å². The third-order valence-corrected chi connectivity index (χ3v) is 5.74. The lowest BCUT2D eigenvalue weighted by Crippen LogP contribution is -2.28. The maximum atomic E-state index is 10.6. The van der Waals surface area contributed by atoms with E-state index in [9.17, 15) is 4.79 Å². The second-order valence-electron chi connectivity index (χ2n) is 6.40. The van der Waals surface area contributed by atoms with Crippen molar-refractivity contribution in [1.29, 1.82) is 0 Å². The number of carbonyl (C=O) groups is 2. The molecule has 1 aromatic rings. The Balaban J connectivity index is 0. The van der Waals surface area contributed by atoms with Gasteiger partial charge in [-0.05, 0) is 45.2 Å². The maximum Gasteiger partial charge on any atom is 0.204 e. The molecule has 0 atom stereocenters. The van der Waals surface area contributed by atoms with Gasteiger partial charge in [0.1, 0.15) is 12.1 Å². The first-order valence-electron chi connectivity index (χ1n) is 8.64. The highest BCUT2D eigenvalue weighted by molar-refractivity contribution is 8.76. The monoisotopic (exact) mass is 429 g/mol. The smallest absolute Gasteiger partial charge is 0.204 e. The minimum atomic E-state index is 0.250. The summed E-state index contributed by atoms with van der Waals surface area (Å²) in [5.74, 6) is 0.296. The van der Waals surface area contributed by atoms with Crippen LogP contribution in [0.4, 0.5) is 0 Å². The number of nitrogens with one attached hydrogen (secondary N) is 1. The average Bonchev–Trinajstić information content (AvgIpc) is 2.61. The van der Waals surface area contributed by atoms with Gasteiger partial charge >= 0.3 is 0 Å². The number of hydrogen-bond donors (Lipinski definition) is 4. The fourth-order valence-corrected chi connectivity index (χ4v) is 4.31. The SMILES string of the molecule is CN(C=C(N)N)CCc1cccc(C=O)c1.CNCC(C)(C)SSC.NC=O. The number of nitrogens with two attached hydrogens (primary N) is 3. The largest absolute Gasteiger partial charge is 0.384 e. The number of likely N-dealkylation sites (N-methyl/N-ethyl adjacent to an activating group) is 1. The predicted molar refractivity (Wildman–Crippen MR) is 124 cm³/mol. The molecule has 0 radical (unpaired) electrons. The Hall–Kier alpha value is -1.84. The summed E-state index contributed by atoms with van der Waals surface area (Å²) in [6, 6.07) is 7.55. The lowest BCUT2D eigenvalue weighted by molar-refractivity contribution is -0.106. The molecule has 1 aromatic carbocycles. The molecule has 160 valence electrons. The van der Waals surface area contributed by atoms with E-state index in [1.54, 1.807) is 12.3 Å². The highest BCUT2D eigenvalue weighted by atomic mass is 33.1. The Labute approximate surface area is 177 Å². The third-order valence-electron chi connectivity index (χ3n) is 3.12. The van der Waals surface area contributed by atoms with Gasteiger partial charge in [0, 0.05) is 36.6 Å². The number of amides is 1. The van der Waals surface area contributed by atoms with Crippen LogP contribution < -0.4 is 22.5 Å². The van der Waals surface area contributed by atoms with Crippen molar-refractivity contribution >= 4 is 34.3 Å². The van der Waals surface area contributed by atoms with Crippen LogP contribution in [0, 0.1) is 0 Å². The van der Waals surface area contributed by atoms with Crippen LogP contribution in [0.15, 0.2) is 36.3 Å². The van der Waals surface area contributed by atoms with Crippen molar-refractivity contribution in [1.82, 2.24) is 10.2 Å². The van der Waals surface area contributed by atoms with E-state index in [0.29, 0.717) is 16.1 Å². The number of aldehydes is 1. The summed E-state index contributed by atoms with van der Waals surface area (Å²) in [6.45, 7) is 6.36. The summed E-state index contributed by atoms with van der Waals surface area (Å²) in [4.78, 5) is 21.1. The Morgan fingerprint density at radius 3 is 2.36 bits per heavy atom. The molecule has 0 heterocycles. The van der Waals surface area contributed by atoms with Crippen LogP contribution in [0.1, 0.15) is 29.8 Å². The standard InChI is InChI=1S/C12H17N3O.C6H15NS2.CH3NO/c1-15(8-12(13)14)6-5-10-3-2-4-11(7-10)9-16;1-6(2,5-7-3)9-8-4;2-1-3/h2-4,7-9H,5-6,13-14H2,1H3;7H,5H2,1-4H3;1H,(H2,2,3). The molecule has 7 N–H and O–H groups in total. The minimum Gasteiger partial charge on any atom is -0.384 e. The van der Waals surface area contributed by atoms with Gasteiger partial charge in [0.05, 0.1) is 0 Å². The summed E-state index contributed by atoms with van der Waals surface area (Å²) in [5, 5.41) is 3.16. The van der Waals surface area contributed by atoms with Crippen LogP contribution in [0.25, 0.3) is 0 Å². The second kappa shape index (κ2) is 17.3. The molecular formula is C19H35N5O2S2. The lowest BCUT2D eigenvalue weighted by Gasteiger charge is -2.21. The molecule has 1 amide bonds. The second-order valence-corrected chi connectivity index (χ2v) is 9.50. The minimum absolute atomic E-state index is 0.250. The first-order chi connectivity index (χ1) is 13.1. The predicted octanol–water partition coefficient (Wildman–Crippen LogP) is 1.79. The molecule has 0 saturated carbocycles. The van der Waals surface area contributed by atoms with Crippen molar-refractivity contribution in [2.45, 2.75) is 25.0 Å². The number of carbonyl (C=O) groups excluding carboxylic acids is 2. The van der Waals surface area contributed by atoms with E-state index >= 15 is 0 Å². The molecule has 0 aliphatic heterocycles. The fraction of sp³-hybridized carbons (Fsp3) is 0.474. The van der Waals surface area contributed by atoms with Crippen molar-refractivity contribution in [3.05, 3.63) is 47.4 Å². The first kappa shape index (κ1) is 28.4. The van der Waals surface area contributed by atoms with E-state index in [4.69, 9.17) is 16.3 Å². The van der Waals surface area contributed by atoms with Crippen molar-refractivity contribution < 1.29 is 9.59 Å². The van der Waals surface area contributed by atoms with Gasteiger partial charge in [-0.15, -0.1) is 0 Å². The number of nitrogens with zero attached hydrogens (tertiary/aromatic N) is 1. The quantitative estimate of drug-likeness (QED) is 0.345. The topological polar surface area (TPSA) is 127 Å². The molecule has 28 heavy (non-hydrogen) atoms. The molecule has 0 spiro atoms. The highest BCUT2D eigenvalue weighted by Gasteiger charge is 2.15. The zero-order valence-corrected chi connectivity index (χ0v) is 19.1. The van der Waals surface area contributed by atoms with Gasteiger partial charge in [-0.2, -0.15) is 0 Å². The molecular weight excluding hydrogens is 394 g/mol. The fourth-order valence-electron chi connectivity index (χ4n) is 2.13. The summed E-state index contributed by atoms with van der Waals surface area (Å²) in [6.07, 6.45) is 5.75. The van der Waals surface area contributed by atoms with E-state index in [1.165, 1.54) is 0 Å².